The number of carbonyl (C=O) groups is 3. The van der Waals surface area contributed by atoms with E-state index in [1.807, 2.05) is 0 Å². The van der Waals surface area contributed by atoms with E-state index in [1.165, 1.54) is 32.2 Å². The van der Waals surface area contributed by atoms with Crippen LogP contribution in [0.1, 0.15) is 40.4 Å². The topological polar surface area (TPSA) is 97.7 Å². The van der Waals surface area contributed by atoms with Crippen molar-refractivity contribution in [2.75, 3.05) is 26.9 Å². The molecule has 9 nitrogen and oxygen atoms in total. The fourth-order valence-electron chi connectivity index (χ4n) is 4.58. The van der Waals surface area contributed by atoms with Crippen LogP contribution in [0, 0.1) is 12.7 Å². The standard InChI is InChI=1S/C26H23Cl2F4N3O6/c1-4-34-24(38)20(11-40-34)35(21(36)12-39-3)23(37)16-6-5-14(7-13(16)2)19-10-25(41-33-19,26(30,31)32)15-8-17(27)22(29)18(28)9-15/h5-9,20H,4,10-12H2,1-3H3/t20-,25?/m1/s1. The van der Waals surface area contributed by atoms with Crippen LogP contribution in [0.4, 0.5) is 17.6 Å². The zero-order valence-corrected chi connectivity index (χ0v) is 23.4. The van der Waals surface area contributed by atoms with Gasteiger partial charge in [-0.1, -0.05) is 34.4 Å². The summed E-state index contributed by atoms with van der Waals surface area (Å²) in [6.45, 7) is 2.64. The number of hydrogen-bond acceptors (Lipinski definition) is 7. The minimum absolute atomic E-state index is 0.0136. The van der Waals surface area contributed by atoms with Crippen molar-refractivity contribution in [3.05, 3.63) is 68.4 Å². The predicted octanol–water partition coefficient (Wildman–Crippen LogP) is 4.80. The molecule has 0 N–H and O–H groups in total. The Balaban J connectivity index is 1.65. The summed E-state index contributed by atoms with van der Waals surface area (Å²) in [5, 5.41) is 3.46. The zero-order valence-electron chi connectivity index (χ0n) is 21.9. The van der Waals surface area contributed by atoms with E-state index in [9.17, 15) is 31.9 Å². The lowest BCUT2D eigenvalue weighted by molar-refractivity contribution is -0.275. The number of likely N-dealkylation sites (N-methyl/N-ethyl adjacent to an activating group) is 1. The number of aryl methyl sites for hydroxylation is 1. The molecule has 41 heavy (non-hydrogen) atoms. The van der Waals surface area contributed by atoms with Gasteiger partial charge < -0.3 is 9.57 Å². The highest BCUT2D eigenvalue weighted by Crippen LogP contribution is 2.50. The minimum Gasteiger partial charge on any atom is -0.375 e. The van der Waals surface area contributed by atoms with Crippen molar-refractivity contribution in [3.63, 3.8) is 0 Å². The number of ether oxygens (including phenoxy) is 1. The number of hydroxylamine groups is 2. The molecule has 2 heterocycles. The van der Waals surface area contributed by atoms with E-state index in [4.69, 9.17) is 37.6 Å². The van der Waals surface area contributed by atoms with Crippen LogP contribution in [-0.2, 0) is 29.6 Å². The molecular formula is C26H23Cl2F4N3O6. The molecule has 2 aliphatic heterocycles. The molecule has 2 aromatic carbocycles. The fraction of sp³-hybridized carbons (Fsp3) is 0.385. The molecule has 0 radical (unpaired) electrons. The van der Waals surface area contributed by atoms with E-state index >= 15 is 0 Å². The van der Waals surface area contributed by atoms with E-state index in [1.54, 1.807) is 6.92 Å². The van der Waals surface area contributed by atoms with Gasteiger partial charge in [-0.05, 0) is 49.2 Å². The third-order valence-corrected chi connectivity index (χ3v) is 7.25. The predicted molar refractivity (Wildman–Crippen MR) is 138 cm³/mol. The summed E-state index contributed by atoms with van der Waals surface area (Å²) >= 11 is 11.5. The SMILES string of the molecule is CCN1OC[C@@H](N(C(=O)COC)C(=O)c2ccc(C3=NOC(c4cc(Cl)c(F)c(Cl)c4)(C(F)(F)F)C3)cc2C)C1=O. The molecule has 2 aromatic rings. The van der Waals surface area contributed by atoms with E-state index in [-0.39, 0.29) is 35.6 Å². The van der Waals surface area contributed by atoms with Crippen molar-refractivity contribution >= 4 is 46.6 Å². The molecule has 3 amide bonds. The van der Waals surface area contributed by atoms with E-state index in [0.717, 1.165) is 22.1 Å². The summed E-state index contributed by atoms with van der Waals surface area (Å²) in [6, 6.07) is 4.38. The molecule has 4 rings (SSSR count). The van der Waals surface area contributed by atoms with Crippen molar-refractivity contribution in [1.82, 2.24) is 9.96 Å². The molecule has 1 saturated heterocycles. The Morgan fingerprint density at radius 2 is 1.88 bits per heavy atom. The van der Waals surface area contributed by atoms with E-state index < -0.39 is 70.0 Å². The molecule has 0 bridgehead atoms. The number of hydrogen-bond donors (Lipinski definition) is 0. The van der Waals surface area contributed by atoms with Crippen LogP contribution in [0.2, 0.25) is 10.0 Å². The third-order valence-electron chi connectivity index (χ3n) is 6.70. The van der Waals surface area contributed by atoms with Gasteiger partial charge in [-0.2, -0.15) is 13.2 Å². The number of alkyl halides is 3. The number of halogens is 6. The zero-order chi connectivity index (χ0) is 30.3. The van der Waals surface area contributed by atoms with Crippen LogP contribution >= 0.6 is 23.2 Å². The van der Waals surface area contributed by atoms with Crippen molar-refractivity contribution in [2.24, 2.45) is 5.16 Å². The first-order chi connectivity index (χ1) is 19.3. The number of imide groups is 1. The van der Waals surface area contributed by atoms with Crippen LogP contribution in [-0.4, -0.2) is 72.5 Å². The van der Waals surface area contributed by atoms with Gasteiger partial charge in [0.2, 0.25) is 0 Å². The first kappa shape index (κ1) is 30.7. The summed E-state index contributed by atoms with van der Waals surface area (Å²) in [5.74, 6) is -3.25. The van der Waals surface area contributed by atoms with Crippen molar-refractivity contribution in [2.45, 2.75) is 38.1 Å². The summed E-state index contributed by atoms with van der Waals surface area (Å²) in [5.41, 5.74) is -3.17. The molecule has 0 saturated carbocycles. The molecule has 1 fully saturated rings. The van der Waals surface area contributed by atoms with Crippen molar-refractivity contribution in [3.8, 4) is 0 Å². The number of methoxy groups -OCH3 is 1. The minimum atomic E-state index is -5.00. The van der Waals surface area contributed by atoms with Gasteiger partial charge in [0.25, 0.3) is 23.3 Å². The van der Waals surface area contributed by atoms with Gasteiger partial charge in [-0.15, -0.1) is 0 Å². The Morgan fingerprint density at radius 1 is 1.22 bits per heavy atom. The summed E-state index contributed by atoms with van der Waals surface area (Å²) < 4.78 is 61.8. The second kappa shape index (κ2) is 11.6. The summed E-state index contributed by atoms with van der Waals surface area (Å²) in [4.78, 5) is 50.0. The van der Waals surface area contributed by atoms with Gasteiger partial charge >= 0.3 is 6.18 Å². The Morgan fingerprint density at radius 3 is 2.41 bits per heavy atom. The molecule has 220 valence electrons. The van der Waals surface area contributed by atoms with Gasteiger partial charge in [0.05, 0.1) is 15.8 Å². The second-order valence-corrected chi connectivity index (χ2v) is 10.1. The largest absolute Gasteiger partial charge is 0.435 e. The van der Waals surface area contributed by atoms with E-state index in [2.05, 4.69) is 5.16 Å². The molecule has 2 atom stereocenters. The normalized spacial score (nSPS) is 20.7. The highest BCUT2D eigenvalue weighted by atomic mass is 35.5. The van der Waals surface area contributed by atoms with Crippen LogP contribution in [0.15, 0.2) is 35.5 Å². The highest BCUT2D eigenvalue weighted by Gasteiger charge is 2.62. The molecule has 2 aliphatic rings. The van der Waals surface area contributed by atoms with E-state index in [0.29, 0.717) is 0 Å². The Kier molecular flexibility index (Phi) is 8.65. The van der Waals surface area contributed by atoms with Crippen LogP contribution in [0.25, 0.3) is 0 Å². The van der Waals surface area contributed by atoms with Gasteiger partial charge in [0.15, 0.2) is 5.82 Å². The average Bonchev–Trinajstić information content (AvgIpc) is 3.52. The first-order valence-electron chi connectivity index (χ1n) is 12.1. The first-order valence-corrected chi connectivity index (χ1v) is 12.9. The van der Waals surface area contributed by atoms with Gasteiger partial charge in [0.1, 0.15) is 19.3 Å². The van der Waals surface area contributed by atoms with Gasteiger partial charge in [-0.25, -0.2) is 9.45 Å². The smallest absolute Gasteiger partial charge is 0.375 e. The third kappa shape index (κ3) is 5.51. The number of carbonyl (C=O) groups excluding carboxylic acids is 3. The maximum Gasteiger partial charge on any atom is 0.435 e. The Hall–Kier alpha value is -3.26. The van der Waals surface area contributed by atoms with Crippen LogP contribution in [0.5, 0.6) is 0 Å². The van der Waals surface area contributed by atoms with Gasteiger partial charge in [0, 0.05) is 31.2 Å². The monoisotopic (exact) mass is 619 g/mol. The fourth-order valence-corrected chi connectivity index (χ4v) is 5.06. The Labute approximate surface area is 241 Å². The lowest BCUT2D eigenvalue weighted by Gasteiger charge is -2.29. The molecule has 0 aromatic heterocycles. The maximum atomic E-state index is 14.4. The quantitative estimate of drug-likeness (QED) is 0.326. The van der Waals surface area contributed by atoms with Crippen LogP contribution in [0.3, 0.4) is 0 Å². The lowest BCUT2D eigenvalue weighted by atomic mass is 9.86. The molecule has 1 unspecified atom stereocenters. The number of nitrogens with zero attached hydrogens (tertiary/aromatic N) is 3. The molecule has 15 heteroatoms. The van der Waals surface area contributed by atoms with Gasteiger partial charge in [-0.3, -0.25) is 24.1 Å². The lowest BCUT2D eigenvalue weighted by Crippen LogP contribution is -2.51. The second-order valence-electron chi connectivity index (χ2n) is 9.26. The van der Waals surface area contributed by atoms with Crippen LogP contribution < -0.4 is 0 Å². The summed E-state index contributed by atoms with van der Waals surface area (Å²) in [7, 11) is 1.26. The average molecular weight is 620 g/mol. The number of oxime groups is 1. The summed E-state index contributed by atoms with van der Waals surface area (Å²) in [6.07, 6.45) is -5.81. The molecule has 0 spiro atoms. The molecule has 0 aliphatic carbocycles. The van der Waals surface area contributed by atoms with Crippen molar-refractivity contribution in [1.29, 1.82) is 0 Å². The highest BCUT2D eigenvalue weighted by molar-refractivity contribution is 6.35. The Bertz CT molecular complexity index is 1410. The van der Waals surface area contributed by atoms with Crippen molar-refractivity contribution < 1.29 is 46.4 Å². The number of rotatable bonds is 7. The number of benzene rings is 2. The molecular weight excluding hydrogens is 597 g/mol. The maximum absolute atomic E-state index is 14.4. The number of amides is 3.